The Kier molecular flexibility index (Phi) is 1.85. The average molecular weight is 204 g/mol. The van der Waals surface area contributed by atoms with Gasteiger partial charge in [-0.2, -0.15) is 0 Å². The molecule has 1 amide bonds. The van der Waals surface area contributed by atoms with Crippen LogP contribution in [0.2, 0.25) is 0 Å². The van der Waals surface area contributed by atoms with E-state index in [0.717, 1.165) is 0 Å². The number of ether oxygens (including phenoxy) is 1. The van der Waals surface area contributed by atoms with E-state index in [9.17, 15) is 9.59 Å². The summed E-state index contributed by atoms with van der Waals surface area (Å²) in [5.74, 6) is 0.234. The lowest BCUT2D eigenvalue weighted by Crippen LogP contribution is -2.67. The van der Waals surface area contributed by atoms with E-state index in [0.29, 0.717) is 5.75 Å². The Morgan fingerprint density at radius 3 is 3.08 bits per heavy atom. The highest BCUT2D eigenvalue weighted by atomic mass is 32.2. The van der Waals surface area contributed by atoms with E-state index in [4.69, 9.17) is 10.8 Å². The number of hydrogen-bond acceptors (Lipinski definition) is 5. The molecule has 0 aliphatic carbocycles. The minimum atomic E-state index is -1.36. The minimum absolute atomic E-state index is 0.100. The second-order valence-corrected chi connectivity index (χ2v) is 3.98. The van der Waals surface area contributed by atoms with Gasteiger partial charge in [-0.1, -0.05) is 0 Å². The summed E-state index contributed by atoms with van der Waals surface area (Å²) in [6, 6.07) is -0.493. The quantitative estimate of drug-likeness (QED) is 0.431. The third kappa shape index (κ3) is 1.15. The average Bonchev–Trinajstić information content (AvgIpc) is 2.43. The summed E-state index contributed by atoms with van der Waals surface area (Å²) in [6.45, 7) is 0. The summed E-state index contributed by atoms with van der Waals surface area (Å²) in [6.07, 6.45) is -2.01. The second kappa shape index (κ2) is 2.78. The first kappa shape index (κ1) is 8.64. The van der Waals surface area contributed by atoms with Crippen LogP contribution in [0.5, 0.6) is 0 Å². The van der Waals surface area contributed by atoms with E-state index in [2.05, 4.69) is 4.74 Å². The van der Waals surface area contributed by atoms with Crippen molar-refractivity contribution in [2.45, 2.75) is 17.6 Å². The van der Waals surface area contributed by atoms with Crippen molar-refractivity contribution in [2.75, 3.05) is 5.75 Å². The van der Waals surface area contributed by atoms with Crippen LogP contribution in [0.15, 0.2) is 0 Å². The molecule has 0 aromatic rings. The lowest BCUT2D eigenvalue weighted by Gasteiger charge is -2.41. The number of thioether (sulfide) groups is 1. The first-order chi connectivity index (χ1) is 6.11. The molecule has 2 aliphatic rings. The Bertz CT molecular complexity index is 271. The zero-order valence-electron chi connectivity index (χ0n) is 6.54. The number of carbonyl (C=O) groups excluding carboxylic acids is 1. The fourth-order valence-electron chi connectivity index (χ4n) is 1.47. The standard InChI is InChI=1S/C6H8N2O4S/c7-3-4(9)8-2(12-6(10)11)1-13-5(3)8/h2-3,5H,1,7H2,(H,10,11)/t2?,3-,5+/m1/s1. The third-order valence-corrected chi connectivity index (χ3v) is 3.42. The van der Waals surface area contributed by atoms with Crippen LogP contribution in [0.1, 0.15) is 0 Å². The van der Waals surface area contributed by atoms with E-state index < -0.39 is 18.4 Å². The van der Waals surface area contributed by atoms with Gasteiger partial charge in [-0.05, 0) is 0 Å². The van der Waals surface area contributed by atoms with Crippen molar-refractivity contribution in [3.63, 3.8) is 0 Å². The van der Waals surface area contributed by atoms with E-state index in [1.165, 1.54) is 16.7 Å². The molecule has 2 saturated heterocycles. The van der Waals surface area contributed by atoms with E-state index in [1.54, 1.807) is 0 Å². The smallest absolute Gasteiger partial charge is 0.450 e. The second-order valence-electron chi connectivity index (χ2n) is 2.83. The van der Waals surface area contributed by atoms with Crippen molar-refractivity contribution in [1.82, 2.24) is 4.90 Å². The molecule has 2 heterocycles. The SMILES string of the molecule is N[C@@H]1C(=O)N2C(OC(=O)O)CS[C@@H]12. The van der Waals surface area contributed by atoms with Gasteiger partial charge in [0.15, 0.2) is 6.23 Å². The molecule has 0 saturated carbocycles. The Morgan fingerprint density at radius 1 is 1.77 bits per heavy atom. The van der Waals surface area contributed by atoms with Crippen molar-refractivity contribution in [1.29, 1.82) is 0 Å². The molecular formula is C6H8N2O4S. The maximum absolute atomic E-state index is 11.1. The highest BCUT2D eigenvalue weighted by Crippen LogP contribution is 2.38. The minimum Gasteiger partial charge on any atom is -0.450 e. The van der Waals surface area contributed by atoms with Crippen molar-refractivity contribution >= 4 is 23.8 Å². The van der Waals surface area contributed by atoms with Gasteiger partial charge >= 0.3 is 6.16 Å². The molecule has 6 nitrogen and oxygen atoms in total. The van der Waals surface area contributed by atoms with Crippen LogP contribution in [0, 0.1) is 0 Å². The fourth-order valence-corrected chi connectivity index (χ4v) is 2.78. The molecule has 0 aromatic carbocycles. The number of β-lactam (4-membered cyclic amide) rings is 1. The monoisotopic (exact) mass is 204 g/mol. The molecule has 2 rings (SSSR count). The zero-order valence-corrected chi connectivity index (χ0v) is 7.36. The highest BCUT2D eigenvalue weighted by molar-refractivity contribution is 8.00. The van der Waals surface area contributed by atoms with Crippen LogP contribution >= 0.6 is 11.8 Å². The van der Waals surface area contributed by atoms with E-state index >= 15 is 0 Å². The molecule has 1 unspecified atom stereocenters. The Morgan fingerprint density at radius 2 is 2.46 bits per heavy atom. The van der Waals surface area contributed by atoms with Crippen LogP contribution in [-0.2, 0) is 9.53 Å². The summed E-state index contributed by atoms with van der Waals surface area (Å²) in [4.78, 5) is 22.7. The molecule has 0 radical (unpaired) electrons. The Balaban J connectivity index is 2.02. The summed E-state index contributed by atoms with van der Waals surface area (Å²) < 4.78 is 4.51. The van der Waals surface area contributed by atoms with Gasteiger partial charge in [0.1, 0.15) is 11.4 Å². The van der Waals surface area contributed by atoms with Crippen molar-refractivity contribution in [3.05, 3.63) is 0 Å². The van der Waals surface area contributed by atoms with Crippen molar-refractivity contribution in [3.8, 4) is 0 Å². The lowest BCUT2D eigenvalue weighted by molar-refractivity contribution is -0.156. The largest absolute Gasteiger partial charge is 0.507 e. The number of nitrogens with zero attached hydrogens (tertiary/aromatic N) is 1. The number of nitrogens with two attached hydrogens (primary N) is 1. The molecule has 0 aromatic heterocycles. The molecular weight excluding hydrogens is 196 g/mol. The van der Waals surface area contributed by atoms with Crippen LogP contribution in [0.4, 0.5) is 4.79 Å². The van der Waals surface area contributed by atoms with Crippen LogP contribution < -0.4 is 5.73 Å². The van der Waals surface area contributed by atoms with Gasteiger partial charge in [0.2, 0.25) is 5.91 Å². The Hall–Kier alpha value is -0.950. The summed E-state index contributed by atoms with van der Waals surface area (Å²) >= 11 is 1.45. The molecule has 3 N–H and O–H groups in total. The normalized spacial score (nSPS) is 36.8. The highest BCUT2D eigenvalue weighted by Gasteiger charge is 2.54. The number of fused-ring (bicyclic) bond motifs is 1. The molecule has 0 bridgehead atoms. The van der Waals surface area contributed by atoms with Gasteiger partial charge in [0.05, 0.1) is 5.75 Å². The molecule has 3 atom stereocenters. The van der Waals surface area contributed by atoms with Crippen LogP contribution in [-0.4, -0.2) is 45.5 Å². The van der Waals surface area contributed by atoms with E-state index in [-0.39, 0.29) is 11.3 Å². The van der Waals surface area contributed by atoms with E-state index in [1.807, 2.05) is 0 Å². The number of rotatable bonds is 1. The van der Waals surface area contributed by atoms with Crippen LogP contribution in [0.3, 0.4) is 0 Å². The third-order valence-electron chi connectivity index (χ3n) is 2.08. The van der Waals surface area contributed by atoms with Gasteiger partial charge in [0, 0.05) is 0 Å². The number of amides is 1. The molecule has 2 aliphatic heterocycles. The topological polar surface area (TPSA) is 92.9 Å². The van der Waals surface area contributed by atoms with Crippen molar-refractivity contribution in [2.24, 2.45) is 5.73 Å². The number of carboxylic acid groups (broad SMARTS) is 1. The van der Waals surface area contributed by atoms with Gasteiger partial charge in [-0.15, -0.1) is 11.8 Å². The molecule has 72 valence electrons. The summed E-state index contributed by atoms with van der Waals surface area (Å²) in [5, 5.41) is 8.25. The first-order valence-electron chi connectivity index (χ1n) is 3.70. The Labute approximate surface area is 78.0 Å². The van der Waals surface area contributed by atoms with Crippen molar-refractivity contribution < 1.29 is 19.4 Å². The number of hydrogen-bond donors (Lipinski definition) is 2. The summed E-state index contributed by atoms with van der Waals surface area (Å²) in [7, 11) is 0. The predicted molar refractivity (Wildman–Crippen MR) is 44.0 cm³/mol. The fraction of sp³-hybridized carbons (Fsp3) is 0.667. The lowest BCUT2D eigenvalue weighted by atomic mass is 10.1. The maximum Gasteiger partial charge on any atom is 0.507 e. The molecule has 13 heavy (non-hydrogen) atoms. The first-order valence-corrected chi connectivity index (χ1v) is 4.75. The molecule has 0 spiro atoms. The maximum atomic E-state index is 11.1. The van der Waals surface area contributed by atoms with Gasteiger partial charge in [-0.25, -0.2) is 4.79 Å². The zero-order chi connectivity index (χ0) is 9.59. The predicted octanol–water partition coefficient (Wildman–Crippen LogP) is -0.750. The molecule has 2 fully saturated rings. The summed E-state index contributed by atoms with van der Waals surface area (Å²) in [5.41, 5.74) is 5.49. The number of carbonyl (C=O) groups is 2. The molecule has 7 heteroatoms. The van der Waals surface area contributed by atoms with Gasteiger partial charge in [0.25, 0.3) is 0 Å². The van der Waals surface area contributed by atoms with Gasteiger partial charge in [-0.3, -0.25) is 9.69 Å². The van der Waals surface area contributed by atoms with Crippen LogP contribution in [0.25, 0.3) is 0 Å². The van der Waals surface area contributed by atoms with Gasteiger partial charge < -0.3 is 15.6 Å².